The smallest absolute Gasteiger partial charge is 0.335 e. The first-order chi connectivity index (χ1) is 21.6. The molecule has 3 heterocycles. The zero-order chi connectivity index (χ0) is 33.8. The van der Waals surface area contributed by atoms with Gasteiger partial charge in [-0.05, 0) is 18.2 Å². The van der Waals surface area contributed by atoms with Gasteiger partial charge in [0.15, 0.2) is 29.5 Å². The van der Waals surface area contributed by atoms with Crippen LogP contribution in [0, 0.1) is 0 Å². The predicted molar refractivity (Wildman–Crippen MR) is 143 cm³/mol. The van der Waals surface area contributed by atoms with Gasteiger partial charge in [0, 0.05) is 17.7 Å². The summed E-state index contributed by atoms with van der Waals surface area (Å²) in [5.74, 6) is -7.50. The molecule has 5 rings (SSSR count). The molecule has 1 aromatic heterocycles. The van der Waals surface area contributed by atoms with Gasteiger partial charge in [-0.25, -0.2) is 9.59 Å². The first kappa shape index (κ1) is 32.7. The molecule has 10 atom stereocenters. The van der Waals surface area contributed by atoms with E-state index in [1.165, 1.54) is 0 Å². The molecule has 19 nitrogen and oxygen atoms in total. The molecule has 0 aliphatic carbocycles. The van der Waals surface area contributed by atoms with E-state index in [0.717, 1.165) is 30.3 Å². The van der Waals surface area contributed by atoms with E-state index in [2.05, 4.69) is 0 Å². The van der Waals surface area contributed by atoms with Crippen LogP contribution in [-0.2, 0) is 19.1 Å². The average Bonchev–Trinajstić information content (AvgIpc) is 2.99. The van der Waals surface area contributed by atoms with Crippen molar-refractivity contribution in [1.29, 1.82) is 0 Å². The molecule has 2 fully saturated rings. The maximum absolute atomic E-state index is 13.7. The lowest BCUT2D eigenvalue weighted by Gasteiger charge is -2.38. The van der Waals surface area contributed by atoms with Crippen LogP contribution in [0.3, 0.4) is 0 Å². The molecule has 0 radical (unpaired) electrons. The van der Waals surface area contributed by atoms with E-state index < -0.39 is 124 Å². The van der Waals surface area contributed by atoms with Gasteiger partial charge in [-0.2, -0.15) is 0 Å². The summed E-state index contributed by atoms with van der Waals surface area (Å²) in [6.07, 6.45) is -20.6. The van der Waals surface area contributed by atoms with E-state index in [0.29, 0.717) is 0 Å². The molecule has 248 valence electrons. The van der Waals surface area contributed by atoms with Crippen molar-refractivity contribution < 1.29 is 89.1 Å². The normalized spacial score (nSPS) is 31.3. The lowest BCUT2D eigenvalue weighted by atomic mass is 9.99. The predicted octanol–water partition coefficient (Wildman–Crippen LogP) is -2.88. The highest BCUT2D eigenvalue weighted by Gasteiger charge is 2.49. The second kappa shape index (κ2) is 12.2. The zero-order valence-corrected chi connectivity index (χ0v) is 22.8. The van der Waals surface area contributed by atoms with E-state index in [-0.39, 0.29) is 5.56 Å². The van der Waals surface area contributed by atoms with Crippen molar-refractivity contribution in [3.63, 3.8) is 0 Å². The number of carboxylic acid groups (broad SMARTS) is 2. The summed E-state index contributed by atoms with van der Waals surface area (Å²) in [6, 6.07) is 4.79. The fourth-order valence-corrected chi connectivity index (χ4v) is 4.84. The highest BCUT2D eigenvalue weighted by molar-refractivity contribution is 5.88. The monoisotopic (exact) mass is 654 g/mol. The van der Waals surface area contributed by atoms with Gasteiger partial charge in [0.1, 0.15) is 59.1 Å². The number of carbonyl (C=O) groups is 2. The number of phenols is 3. The van der Waals surface area contributed by atoms with Crippen molar-refractivity contribution in [3.05, 3.63) is 40.6 Å². The van der Waals surface area contributed by atoms with Crippen LogP contribution in [0.2, 0.25) is 0 Å². The number of benzene rings is 2. The fourth-order valence-electron chi connectivity index (χ4n) is 4.84. The van der Waals surface area contributed by atoms with Crippen LogP contribution in [0.4, 0.5) is 0 Å². The quantitative estimate of drug-likeness (QED) is 0.114. The van der Waals surface area contributed by atoms with Gasteiger partial charge in [0.05, 0.1) is 0 Å². The Morgan fingerprint density at radius 2 is 1.20 bits per heavy atom. The molecule has 0 saturated carbocycles. The van der Waals surface area contributed by atoms with E-state index >= 15 is 0 Å². The third-order valence-electron chi connectivity index (χ3n) is 7.26. The Morgan fingerprint density at radius 3 is 1.72 bits per heavy atom. The largest absolute Gasteiger partial charge is 0.507 e. The molecule has 0 amide bonds. The number of hydrogen-bond acceptors (Lipinski definition) is 17. The van der Waals surface area contributed by atoms with Crippen LogP contribution in [0.15, 0.2) is 39.5 Å². The Kier molecular flexibility index (Phi) is 8.68. The topological polar surface area (TPSA) is 324 Å². The Morgan fingerprint density at radius 1 is 0.652 bits per heavy atom. The summed E-state index contributed by atoms with van der Waals surface area (Å²) in [6.45, 7) is 0. The summed E-state index contributed by atoms with van der Waals surface area (Å²) in [5.41, 5.74) is -1.86. The Hall–Kier alpha value is -4.73. The fraction of sp³-hybridized carbons (Fsp3) is 0.370. The molecule has 2 aliphatic heterocycles. The molecule has 2 aliphatic rings. The van der Waals surface area contributed by atoms with E-state index in [4.69, 9.17) is 23.4 Å². The van der Waals surface area contributed by atoms with E-state index in [1.54, 1.807) is 0 Å². The number of aromatic hydroxyl groups is 3. The van der Waals surface area contributed by atoms with Crippen LogP contribution in [0.25, 0.3) is 22.3 Å². The van der Waals surface area contributed by atoms with Gasteiger partial charge in [-0.1, -0.05) is 0 Å². The number of rotatable bonds is 7. The standard InChI is InChI=1S/C27H26O19/c28-8-2-1-6(3-9(8)29)20-21(44-27-19(37)15(33)17(35)23(46-27)25(40)41)13(31)12-10(30)4-7(5-11(12)43-20)42-26-18(36)14(32)16(34)22(45-26)24(38)39/h1-5,14-19,22-23,26-30,32-37H,(H,38,39)(H,40,41). The summed E-state index contributed by atoms with van der Waals surface area (Å²) in [4.78, 5) is 36.7. The molecule has 3 aromatic rings. The molecular weight excluding hydrogens is 628 g/mol. The number of aliphatic hydroxyl groups is 6. The number of aliphatic carboxylic acids is 2. The van der Waals surface area contributed by atoms with Crippen molar-refractivity contribution in [2.24, 2.45) is 0 Å². The van der Waals surface area contributed by atoms with Crippen molar-refractivity contribution in [2.45, 2.75) is 61.4 Å². The third kappa shape index (κ3) is 5.72. The minimum Gasteiger partial charge on any atom is -0.507 e. The minimum absolute atomic E-state index is 0.178. The molecule has 2 aromatic carbocycles. The van der Waals surface area contributed by atoms with Gasteiger partial charge in [-0.15, -0.1) is 0 Å². The molecular formula is C27H26O19. The van der Waals surface area contributed by atoms with Gasteiger partial charge >= 0.3 is 11.9 Å². The summed E-state index contributed by atoms with van der Waals surface area (Å²) in [7, 11) is 0. The van der Waals surface area contributed by atoms with Crippen LogP contribution >= 0.6 is 0 Å². The van der Waals surface area contributed by atoms with Crippen LogP contribution in [0.1, 0.15) is 0 Å². The van der Waals surface area contributed by atoms with Gasteiger partial charge < -0.3 is 79.5 Å². The zero-order valence-electron chi connectivity index (χ0n) is 22.8. The molecule has 11 N–H and O–H groups in total. The molecule has 0 bridgehead atoms. The number of phenolic OH excluding ortho intramolecular Hbond substituents is 3. The Bertz CT molecular complexity index is 1720. The number of aliphatic hydroxyl groups excluding tert-OH is 6. The van der Waals surface area contributed by atoms with Crippen molar-refractivity contribution in [1.82, 2.24) is 0 Å². The SMILES string of the molecule is O=C(O)C1OC(Oc2cc(O)c3c(=O)c(OC4OC(C(=O)O)C(O)C(O)C4O)c(-c4ccc(O)c(O)c4)oc3c2)C(O)C(O)C1O. The maximum Gasteiger partial charge on any atom is 0.335 e. The van der Waals surface area contributed by atoms with Crippen LogP contribution in [-0.4, -0.2) is 130 Å². The number of fused-ring (bicyclic) bond motifs is 1. The van der Waals surface area contributed by atoms with Crippen LogP contribution in [0.5, 0.6) is 28.7 Å². The molecule has 0 spiro atoms. The third-order valence-corrected chi connectivity index (χ3v) is 7.26. The first-order valence-corrected chi connectivity index (χ1v) is 13.1. The summed E-state index contributed by atoms with van der Waals surface area (Å²) >= 11 is 0. The maximum atomic E-state index is 13.7. The highest BCUT2D eigenvalue weighted by Crippen LogP contribution is 2.40. The summed E-state index contributed by atoms with van der Waals surface area (Å²) in [5, 5.41) is 109. The van der Waals surface area contributed by atoms with E-state index in [9.17, 15) is 70.6 Å². The van der Waals surface area contributed by atoms with Crippen LogP contribution < -0.4 is 14.9 Å². The highest BCUT2D eigenvalue weighted by atomic mass is 16.7. The lowest BCUT2D eigenvalue weighted by Crippen LogP contribution is -2.61. The molecule has 46 heavy (non-hydrogen) atoms. The molecule has 2 saturated heterocycles. The second-order valence-corrected chi connectivity index (χ2v) is 10.3. The average molecular weight is 654 g/mol. The van der Waals surface area contributed by atoms with Gasteiger partial charge in [0.25, 0.3) is 0 Å². The van der Waals surface area contributed by atoms with Gasteiger partial charge in [-0.3, -0.25) is 4.79 Å². The molecule has 19 heteroatoms. The number of ether oxygens (including phenoxy) is 4. The van der Waals surface area contributed by atoms with Crippen molar-refractivity contribution >= 4 is 22.9 Å². The lowest BCUT2D eigenvalue weighted by molar-refractivity contribution is -0.271. The minimum atomic E-state index is -2.13. The van der Waals surface area contributed by atoms with Crippen molar-refractivity contribution in [2.75, 3.05) is 0 Å². The number of carboxylic acids is 2. The Labute approximate surface area is 254 Å². The van der Waals surface area contributed by atoms with E-state index in [1.807, 2.05) is 0 Å². The summed E-state index contributed by atoms with van der Waals surface area (Å²) < 4.78 is 26.8. The number of hydrogen-bond donors (Lipinski definition) is 11. The van der Waals surface area contributed by atoms with Crippen molar-refractivity contribution in [3.8, 4) is 40.1 Å². The first-order valence-electron chi connectivity index (χ1n) is 13.1. The van der Waals surface area contributed by atoms with Gasteiger partial charge in [0.2, 0.25) is 23.8 Å². The molecule has 10 unspecified atom stereocenters. The Balaban J connectivity index is 1.61. The second-order valence-electron chi connectivity index (χ2n) is 10.3.